The lowest BCUT2D eigenvalue weighted by Crippen LogP contribution is -2.35. The van der Waals surface area contributed by atoms with Gasteiger partial charge in [0.2, 0.25) is 10.0 Å². The van der Waals surface area contributed by atoms with Crippen molar-refractivity contribution in [3.63, 3.8) is 0 Å². The number of anilines is 1. The van der Waals surface area contributed by atoms with E-state index >= 15 is 0 Å². The van der Waals surface area contributed by atoms with Gasteiger partial charge in [-0.3, -0.25) is 0 Å². The van der Waals surface area contributed by atoms with Gasteiger partial charge in [0.25, 0.3) is 0 Å². The first-order chi connectivity index (χ1) is 9.86. The van der Waals surface area contributed by atoms with E-state index in [4.69, 9.17) is 10.5 Å². The molecule has 0 fully saturated rings. The number of rotatable bonds is 4. The van der Waals surface area contributed by atoms with E-state index in [1.807, 2.05) is 0 Å². The van der Waals surface area contributed by atoms with E-state index in [-0.39, 0.29) is 17.1 Å². The normalized spacial score (nSPS) is 16.8. The van der Waals surface area contributed by atoms with Crippen molar-refractivity contribution in [2.75, 3.05) is 32.5 Å². The fourth-order valence-electron chi connectivity index (χ4n) is 2.23. The minimum Gasteiger partial charge on any atom is -0.398 e. The van der Waals surface area contributed by atoms with Gasteiger partial charge in [-0.1, -0.05) is 6.08 Å². The number of sulfonamides is 1. The predicted molar refractivity (Wildman–Crippen MR) is 78.9 cm³/mol. The molecule has 0 amide bonds. The quantitative estimate of drug-likeness (QED) is 0.678. The first kappa shape index (κ1) is 15.9. The molecule has 0 spiro atoms. The topological polar surface area (TPSA) is 72.6 Å². The van der Waals surface area contributed by atoms with E-state index in [0.717, 1.165) is 11.6 Å². The molecule has 0 radical (unpaired) electrons. The van der Waals surface area contributed by atoms with E-state index in [1.165, 1.54) is 10.4 Å². The van der Waals surface area contributed by atoms with Crippen molar-refractivity contribution in [2.45, 2.75) is 18.2 Å². The number of methoxy groups -OCH3 is 1. The zero-order valence-corrected chi connectivity index (χ0v) is 12.9. The van der Waals surface area contributed by atoms with Crippen LogP contribution >= 0.6 is 0 Å². The molecule has 5 nitrogen and oxygen atoms in total. The Kier molecular flexibility index (Phi) is 4.65. The lowest BCUT2D eigenvalue weighted by Gasteiger charge is -2.26. The summed E-state index contributed by atoms with van der Waals surface area (Å²) >= 11 is 0. The summed E-state index contributed by atoms with van der Waals surface area (Å²) in [6.07, 6.45) is 2.38. The molecule has 116 valence electrons. The van der Waals surface area contributed by atoms with Crippen LogP contribution in [0.1, 0.15) is 12.0 Å². The molecular formula is C14H19FN2O3S. The average molecular weight is 314 g/mol. The first-order valence-electron chi connectivity index (χ1n) is 6.59. The van der Waals surface area contributed by atoms with Crippen molar-refractivity contribution in [1.29, 1.82) is 0 Å². The Hall–Kier alpha value is -1.44. The zero-order valence-electron chi connectivity index (χ0n) is 12.1. The molecule has 0 aliphatic carbocycles. The van der Waals surface area contributed by atoms with E-state index in [9.17, 15) is 12.8 Å². The molecule has 0 atom stereocenters. The highest BCUT2D eigenvalue weighted by atomic mass is 32.2. The van der Waals surface area contributed by atoms with Crippen molar-refractivity contribution in [3.8, 4) is 0 Å². The molecule has 1 aromatic rings. The van der Waals surface area contributed by atoms with Crippen LogP contribution in [0, 0.1) is 12.7 Å². The average Bonchev–Trinajstić information content (AvgIpc) is 2.43. The van der Waals surface area contributed by atoms with Crippen LogP contribution < -0.4 is 5.73 Å². The number of aryl methyl sites for hydroxylation is 1. The van der Waals surface area contributed by atoms with Gasteiger partial charge in [-0.2, -0.15) is 4.31 Å². The molecule has 0 saturated heterocycles. The monoisotopic (exact) mass is 314 g/mol. The standard InChI is InChI=1S/C14H19FN2O3S/c1-10-7-12(15)14(8-13(10)16)21(18,19)17-5-3-11(4-6-17)9-20-2/h3,7-8H,4-6,9,16H2,1-2H3. The molecule has 0 saturated carbocycles. The van der Waals surface area contributed by atoms with Crippen LogP contribution in [0.25, 0.3) is 0 Å². The summed E-state index contributed by atoms with van der Waals surface area (Å²) in [5.74, 6) is -0.770. The summed E-state index contributed by atoms with van der Waals surface area (Å²) in [6.45, 7) is 2.65. The van der Waals surface area contributed by atoms with Crippen LogP contribution in [-0.2, 0) is 14.8 Å². The molecule has 2 N–H and O–H groups in total. The largest absolute Gasteiger partial charge is 0.398 e. The van der Waals surface area contributed by atoms with E-state index in [2.05, 4.69) is 0 Å². The van der Waals surface area contributed by atoms with Gasteiger partial charge in [0.05, 0.1) is 6.61 Å². The number of halogens is 1. The Morgan fingerprint density at radius 1 is 1.43 bits per heavy atom. The van der Waals surface area contributed by atoms with Gasteiger partial charge >= 0.3 is 0 Å². The number of hydrogen-bond acceptors (Lipinski definition) is 4. The lowest BCUT2D eigenvalue weighted by molar-refractivity contribution is 0.219. The van der Waals surface area contributed by atoms with Gasteiger partial charge in [0.1, 0.15) is 10.7 Å². The third-order valence-corrected chi connectivity index (χ3v) is 5.41. The highest BCUT2D eigenvalue weighted by molar-refractivity contribution is 7.89. The SMILES string of the molecule is COCC1=CCN(S(=O)(=O)c2cc(N)c(C)cc2F)CC1. The van der Waals surface area contributed by atoms with Crippen molar-refractivity contribution in [2.24, 2.45) is 0 Å². The van der Waals surface area contributed by atoms with Gasteiger partial charge in [-0.05, 0) is 36.6 Å². The maximum atomic E-state index is 14.0. The summed E-state index contributed by atoms with van der Waals surface area (Å²) in [6, 6.07) is 2.34. The molecule has 1 heterocycles. The molecule has 21 heavy (non-hydrogen) atoms. The second kappa shape index (κ2) is 6.13. The van der Waals surface area contributed by atoms with E-state index in [0.29, 0.717) is 25.1 Å². The van der Waals surface area contributed by atoms with Crippen LogP contribution in [0.15, 0.2) is 28.7 Å². The maximum absolute atomic E-state index is 14.0. The van der Waals surface area contributed by atoms with E-state index < -0.39 is 15.8 Å². The molecule has 0 bridgehead atoms. The van der Waals surface area contributed by atoms with Gasteiger partial charge in [-0.25, -0.2) is 12.8 Å². The van der Waals surface area contributed by atoms with Crippen LogP contribution in [0.4, 0.5) is 10.1 Å². The zero-order chi connectivity index (χ0) is 15.6. The smallest absolute Gasteiger partial charge is 0.246 e. The highest BCUT2D eigenvalue weighted by Crippen LogP contribution is 2.26. The molecule has 1 aliphatic heterocycles. The molecule has 1 aromatic carbocycles. The van der Waals surface area contributed by atoms with Crippen molar-refractivity contribution in [3.05, 3.63) is 35.2 Å². The summed E-state index contributed by atoms with van der Waals surface area (Å²) in [5.41, 5.74) is 7.54. The maximum Gasteiger partial charge on any atom is 0.246 e. The van der Waals surface area contributed by atoms with Crippen LogP contribution in [0.2, 0.25) is 0 Å². The number of nitrogens with two attached hydrogens (primary N) is 1. The minimum atomic E-state index is -3.88. The number of hydrogen-bond donors (Lipinski definition) is 1. The second-order valence-electron chi connectivity index (χ2n) is 5.05. The van der Waals surface area contributed by atoms with Gasteiger partial charge in [-0.15, -0.1) is 0 Å². The van der Waals surface area contributed by atoms with Crippen LogP contribution in [0.5, 0.6) is 0 Å². The molecule has 7 heteroatoms. The number of nitrogens with zero attached hydrogens (tertiary/aromatic N) is 1. The van der Waals surface area contributed by atoms with Crippen molar-refractivity contribution >= 4 is 15.7 Å². The summed E-state index contributed by atoms with van der Waals surface area (Å²) in [5, 5.41) is 0. The van der Waals surface area contributed by atoms with Gasteiger partial charge in [0.15, 0.2) is 0 Å². The summed E-state index contributed by atoms with van der Waals surface area (Å²) in [4.78, 5) is -0.366. The lowest BCUT2D eigenvalue weighted by atomic mass is 10.1. The fourth-order valence-corrected chi connectivity index (χ4v) is 3.69. The minimum absolute atomic E-state index is 0.217. The Balaban J connectivity index is 2.30. The number of benzene rings is 1. The Bertz CT molecular complexity index is 671. The van der Waals surface area contributed by atoms with E-state index in [1.54, 1.807) is 20.1 Å². The predicted octanol–water partition coefficient (Wildman–Crippen LogP) is 1.68. The molecular weight excluding hydrogens is 295 g/mol. The Morgan fingerprint density at radius 3 is 2.71 bits per heavy atom. The Morgan fingerprint density at radius 2 is 2.14 bits per heavy atom. The third-order valence-electron chi connectivity index (χ3n) is 3.53. The van der Waals surface area contributed by atoms with Crippen molar-refractivity contribution < 1.29 is 17.5 Å². The van der Waals surface area contributed by atoms with Gasteiger partial charge in [0, 0.05) is 25.9 Å². The molecule has 1 aliphatic rings. The third kappa shape index (κ3) is 3.25. The van der Waals surface area contributed by atoms with Gasteiger partial charge < -0.3 is 10.5 Å². The van der Waals surface area contributed by atoms with Crippen LogP contribution in [-0.4, -0.2) is 39.5 Å². The molecule has 0 unspecified atom stereocenters. The molecule has 0 aromatic heterocycles. The number of ether oxygens (including phenoxy) is 1. The number of nitrogen functional groups attached to an aromatic ring is 1. The molecule has 2 rings (SSSR count). The summed E-state index contributed by atoms with van der Waals surface area (Å²) < 4.78 is 45.3. The van der Waals surface area contributed by atoms with Crippen molar-refractivity contribution in [1.82, 2.24) is 4.31 Å². The fraction of sp³-hybridized carbons (Fsp3) is 0.429. The second-order valence-corrected chi connectivity index (χ2v) is 6.95. The summed E-state index contributed by atoms with van der Waals surface area (Å²) in [7, 11) is -2.29. The Labute approximate surface area is 124 Å². The highest BCUT2D eigenvalue weighted by Gasteiger charge is 2.29. The van der Waals surface area contributed by atoms with Crippen LogP contribution in [0.3, 0.4) is 0 Å². The first-order valence-corrected chi connectivity index (χ1v) is 8.03.